The standard InChI is InChI=1S/C17H21N3O3/c1-11(2)22-14-5-4-6-15(9-14)23-16-8-7-13(10-19-16)20-17(21)12(3)18/h4-12H,18H2,1-3H3,(H,20,21)/t12-/m1/s1. The van der Waals surface area contributed by atoms with E-state index in [1.165, 1.54) is 6.20 Å². The zero-order valence-electron chi connectivity index (χ0n) is 13.4. The van der Waals surface area contributed by atoms with Gasteiger partial charge in [0.25, 0.3) is 0 Å². The molecule has 1 atom stereocenters. The topological polar surface area (TPSA) is 86.5 Å². The smallest absolute Gasteiger partial charge is 0.241 e. The Morgan fingerprint density at radius 3 is 2.52 bits per heavy atom. The minimum Gasteiger partial charge on any atom is -0.491 e. The number of hydrogen-bond acceptors (Lipinski definition) is 5. The van der Waals surface area contributed by atoms with Gasteiger partial charge in [0.05, 0.1) is 24.0 Å². The van der Waals surface area contributed by atoms with Crippen molar-refractivity contribution in [3.05, 3.63) is 42.6 Å². The second-order valence-corrected chi connectivity index (χ2v) is 5.41. The molecule has 0 aliphatic carbocycles. The third-order valence-electron chi connectivity index (χ3n) is 2.82. The molecule has 6 nitrogen and oxygen atoms in total. The van der Waals surface area contributed by atoms with Crippen molar-refractivity contribution in [3.8, 4) is 17.4 Å². The predicted molar refractivity (Wildman–Crippen MR) is 88.8 cm³/mol. The summed E-state index contributed by atoms with van der Waals surface area (Å²) >= 11 is 0. The van der Waals surface area contributed by atoms with Crippen LogP contribution < -0.4 is 20.5 Å². The van der Waals surface area contributed by atoms with Gasteiger partial charge in [0.2, 0.25) is 11.8 Å². The highest BCUT2D eigenvalue weighted by atomic mass is 16.5. The van der Waals surface area contributed by atoms with Gasteiger partial charge in [-0.05, 0) is 39.0 Å². The summed E-state index contributed by atoms with van der Waals surface area (Å²) in [6, 6.07) is 10.1. The molecule has 0 spiro atoms. The van der Waals surface area contributed by atoms with E-state index in [1.807, 2.05) is 32.0 Å². The summed E-state index contributed by atoms with van der Waals surface area (Å²) in [6.07, 6.45) is 1.61. The van der Waals surface area contributed by atoms with Crippen LogP contribution in [-0.4, -0.2) is 23.0 Å². The number of rotatable bonds is 6. The van der Waals surface area contributed by atoms with E-state index in [0.29, 0.717) is 17.3 Å². The molecule has 0 saturated heterocycles. The summed E-state index contributed by atoms with van der Waals surface area (Å²) < 4.78 is 11.3. The van der Waals surface area contributed by atoms with Gasteiger partial charge in [0.15, 0.2) is 0 Å². The van der Waals surface area contributed by atoms with Crippen molar-refractivity contribution < 1.29 is 14.3 Å². The maximum absolute atomic E-state index is 11.5. The molecule has 2 rings (SSSR count). The average molecular weight is 315 g/mol. The molecule has 2 aromatic rings. The Labute approximate surface area is 135 Å². The Bertz CT molecular complexity index is 654. The number of ether oxygens (including phenoxy) is 2. The first-order valence-corrected chi connectivity index (χ1v) is 7.41. The molecule has 23 heavy (non-hydrogen) atoms. The van der Waals surface area contributed by atoms with Crippen LogP contribution in [0.2, 0.25) is 0 Å². The van der Waals surface area contributed by atoms with Gasteiger partial charge in [-0.1, -0.05) is 6.07 Å². The van der Waals surface area contributed by atoms with Crippen LogP contribution >= 0.6 is 0 Å². The first kappa shape index (κ1) is 16.8. The van der Waals surface area contributed by atoms with Crippen LogP contribution in [0.5, 0.6) is 17.4 Å². The van der Waals surface area contributed by atoms with Crippen molar-refractivity contribution in [3.63, 3.8) is 0 Å². The van der Waals surface area contributed by atoms with E-state index in [1.54, 1.807) is 25.1 Å². The molecule has 1 heterocycles. The van der Waals surface area contributed by atoms with E-state index in [9.17, 15) is 4.79 Å². The predicted octanol–water partition coefficient (Wildman–Crippen LogP) is 2.95. The average Bonchev–Trinajstić information content (AvgIpc) is 2.49. The summed E-state index contributed by atoms with van der Waals surface area (Å²) in [5, 5.41) is 2.66. The largest absolute Gasteiger partial charge is 0.491 e. The maximum Gasteiger partial charge on any atom is 0.241 e. The fourth-order valence-corrected chi connectivity index (χ4v) is 1.77. The van der Waals surface area contributed by atoms with Crippen LogP contribution in [0.1, 0.15) is 20.8 Å². The van der Waals surface area contributed by atoms with E-state index in [4.69, 9.17) is 15.2 Å². The number of anilines is 1. The number of nitrogens with two attached hydrogens (primary N) is 1. The number of pyridine rings is 1. The zero-order valence-corrected chi connectivity index (χ0v) is 13.4. The third-order valence-corrected chi connectivity index (χ3v) is 2.82. The van der Waals surface area contributed by atoms with Crippen molar-refractivity contribution in [2.45, 2.75) is 32.9 Å². The van der Waals surface area contributed by atoms with Crippen molar-refractivity contribution in [1.82, 2.24) is 4.98 Å². The van der Waals surface area contributed by atoms with E-state index in [0.717, 1.165) is 5.75 Å². The second kappa shape index (κ2) is 7.60. The molecule has 1 aromatic heterocycles. The summed E-state index contributed by atoms with van der Waals surface area (Å²) in [7, 11) is 0. The third kappa shape index (κ3) is 5.27. The highest BCUT2D eigenvalue weighted by molar-refractivity contribution is 5.94. The zero-order chi connectivity index (χ0) is 16.8. The molecule has 0 bridgehead atoms. The number of carbonyl (C=O) groups is 1. The fraction of sp³-hybridized carbons (Fsp3) is 0.294. The lowest BCUT2D eigenvalue weighted by Gasteiger charge is -2.11. The Morgan fingerprint density at radius 1 is 1.17 bits per heavy atom. The maximum atomic E-state index is 11.5. The summed E-state index contributed by atoms with van der Waals surface area (Å²) in [5.74, 6) is 1.52. The normalized spacial score (nSPS) is 11.9. The molecule has 122 valence electrons. The summed E-state index contributed by atoms with van der Waals surface area (Å²) in [5.41, 5.74) is 6.06. The van der Waals surface area contributed by atoms with Crippen molar-refractivity contribution in [1.29, 1.82) is 0 Å². The summed E-state index contributed by atoms with van der Waals surface area (Å²) in [4.78, 5) is 15.7. The van der Waals surface area contributed by atoms with Gasteiger partial charge in [-0.3, -0.25) is 4.79 Å². The molecule has 3 N–H and O–H groups in total. The van der Waals surface area contributed by atoms with Gasteiger partial charge < -0.3 is 20.5 Å². The monoisotopic (exact) mass is 315 g/mol. The van der Waals surface area contributed by atoms with E-state index in [2.05, 4.69) is 10.3 Å². The van der Waals surface area contributed by atoms with Crippen molar-refractivity contribution in [2.75, 3.05) is 5.32 Å². The van der Waals surface area contributed by atoms with Crippen LogP contribution in [-0.2, 0) is 4.79 Å². The van der Waals surface area contributed by atoms with Crippen LogP contribution in [0.4, 0.5) is 5.69 Å². The number of hydrogen-bond donors (Lipinski definition) is 2. The number of nitrogens with zero attached hydrogens (tertiary/aromatic N) is 1. The highest BCUT2D eigenvalue weighted by Crippen LogP contribution is 2.25. The first-order valence-electron chi connectivity index (χ1n) is 7.41. The quantitative estimate of drug-likeness (QED) is 0.856. The lowest BCUT2D eigenvalue weighted by molar-refractivity contribution is -0.117. The molecule has 1 amide bonds. The Morgan fingerprint density at radius 2 is 1.91 bits per heavy atom. The molecule has 1 aromatic carbocycles. The van der Waals surface area contributed by atoms with E-state index >= 15 is 0 Å². The molecule has 0 fully saturated rings. The van der Waals surface area contributed by atoms with Crippen LogP contribution in [0, 0.1) is 0 Å². The van der Waals surface area contributed by atoms with Crippen LogP contribution in [0.3, 0.4) is 0 Å². The van der Waals surface area contributed by atoms with Crippen LogP contribution in [0.25, 0.3) is 0 Å². The lowest BCUT2D eigenvalue weighted by Crippen LogP contribution is -2.32. The Balaban J connectivity index is 2.02. The van der Waals surface area contributed by atoms with Gasteiger partial charge in [0, 0.05) is 12.1 Å². The molecule has 0 saturated carbocycles. The molecule has 0 aliphatic heterocycles. The van der Waals surface area contributed by atoms with Crippen molar-refractivity contribution in [2.24, 2.45) is 5.73 Å². The molecular weight excluding hydrogens is 294 g/mol. The minimum atomic E-state index is -0.574. The molecule has 6 heteroatoms. The first-order chi connectivity index (χ1) is 10.9. The molecule has 0 radical (unpaired) electrons. The van der Waals surface area contributed by atoms with Gasteiger partial charge in [0.1, 0.15) is 11.5 Å². The Kier molecular flexibility index (Phi) is 5.54. The minimum absolute atomic E-state index is 0.0937. The highest BCUT2D eigenvalue weighted by Gasteiger charge is 2.08. The van der Waals surface area contributed by atoms with Crippen molar-refractivity contribution >= 4 is 11.6 Å². The Hall–Kier alpha value is -2.60. The molecule has 0 aliphatic rings. The van der Waals surface area contributed by atoms with Gasteiger partial charge in [-0.25, -0.2) is 4.98 Å². The molecule has 0 unspecified atom stereocenters. The van der Waals surface area contributed by atoms with E-state index < -0.39 is 6.04 Å². The lowest BCUT2D eigenvalue weighted by atomic mass is 10.3. The van der Waals surface area contributed by atoms with E-state index in [-0.39, 0.29) is 12.0 Å². The van der Waals surface area contributed by atoms with Crippen LogP contribution in [0.15, 0.2) is 42.6 Å². The number of amides is 1. The number of nitrogens with one attached hydrogen (secondary N) is 1. The van der Waals surface area contributed by atoms with Gasteiger partial charge in [-0.2, -0.15) is 0 Å². The van der Waals surface area contributed by atoms with Gasteiger partial charge in [-0.15, -0.1) is 0 Å². The summed E-state index contributed by atoms with van der Waals surface area (Å²) in [6.45, 7) is 5.54. The van der Waals surface area contributed by atoms with Gasteiger partial charge >= 0.3 is 0 Å². The second-order valence-electron chi connectivity index (χ2n) is 5.41. The number of carbonyl (C=O) groups excluding carboxylic acids is 1. The SMILES string of the molecule is CC(C)Oc1cccc(Oc2ccc(NC(=O)[C@@H](C)N)cn2)c1. The number of benzene rings is 1. The number of aromatic nitrogens is 1. The fourth-order valence-electron chi connectivity index (χ4n) is 1.77. The molecular formula is C17H21N3O3.